The van der Waals surface area contributed by atoms with Gasteiger partial charge in [-0.2, -0.15) is 0 Å². The lowest BCUT2D eigenvalue weighted by atomic mass is 10.1. The number of benzene rings is 1. The third kappa shape index (κ3) is 5.34. The topological polar surface area (TPSA) is 53.1 Å². The Bertz CT molecular complexity index is 666. The minimum Gasteiger partial charge on any atom is -0.400 e. The molecule has 22 heavy (non-hydrogen) atoms. The molecule has 2 aromatic rings. The van der Waals surface area contributed by atoms with Crippen LogP contribution in [-0.2, 0) is 0 Å². The molecule has 0 saturated carbocycles. The number of para-hydroxylation sites is 1. The molecule has 120 valence electrons. The van der Waals surface area contributed by atoms with Gasteiger partial charge in [0.15, 0.2) is 5.43 Å². The van der Waals surface area contributed by atoms with Gasteiger partial charge in [-0.05, 0) is 31.1 Å². The van der Waals surface area contributed by atoms with Crippen molar-refractivity contribution in [3.8, 4) is 0 Å². The molecule has 1 aromatic carbocycles. The highest BCUT2D eigenvalue weighted by Crippen LogP contribution is 2.17. The molecular formula is C19H27NO2. The number of nitrogens with one attached hydrogen (secondary N) is 1. The summed E-state index contributed by atoms with van der Waals surface area (Å²) in [5, 5.41) is 7.74. The molecule has 0 amide bonds. The monoisotopic (exact) mass is 301 g/mol. The van der Waals surface area contributed by atoms with Crippen molar-refractivity contribution < 1.29 is 5.11 Å². The van der Waals surface area contributed by atoms with Crippen LogP contribution in [0.2, 0.25) is 0 Å². The average Bonchev–Trinajstić information content (AvgIpc) is 2.59. The largest absolute Gasteiger partial charge is 0.400 e. The van der Waals surface area contributed by atoms with Crippen molar-refractivity contribution in [3.63, 3.8) is 0 Å². The summed E-state index contributed by atoms with van der Waals surface area (Å²) in [6.45, 7) is 8.07. The number of H-pyrrole nitrogens is 1. The van der Waals surface area contributed by atoms with Gasteiger partial charge < -0.3 is 10.1 Å². The summed E-state index contributed by atoms with van der Waals surface area (Å²) >= 11 is 0. The van der Waals surface area contributed by atoms with Gasteiger partial charge in [0, 0.05) is 29.8 Å². The van der Waals surface area contributed by atoms with Gasteiger partial charge in [0.25, 0.3) is 0 Å². The molecule has 1 heterocycles. The Labute approximate surface area is 133 Å². The third-order valence-corrected chi connectivity index (χ3v) is 2.95. The summed E-state index contributed by atoms with van der Waals surface area (Å²) in [4.78, 5) is 15.4. The SMILES string of the molecule is C/C=C\C=C(/CC)c1cc(=O)c2ccccc2[nH]1.CC.CO. The van der Waals surface area contributed by atoms with E-state index in [0.29, 0.717) is 0 Å². The first-order valence-corrected chi connectivity index (χ1v) is 7.65. The number of pyridine rings is 1. The van der Waals surface area contributed by atoms with Crippen molar-refractivity contribution in [2.75, 3.05) is 7.11 Å². The fraction of sp³-hybridized carbons (Fsp3) is 0.316. The van der Waals surface area contributed by atoms with Crippen molar-refractivity contribution in [2.24, 2.45) is 0 Å². The molecule has 1 aromatic heterocycles. The second-order valence-corrected chi connectivity index (χ2v) is 4.16. The van der Waals surface area contributed by atoms with Gasteiger partial charge >= 0.3 is 0 Å². The van der Waals surface area contributed by atoms with Crippen LogP contribution in [0.25, 0.3) is 16.5 Å². The van der Waals surface area contributed by atoms with Crippen LogP contribution in [0.15, 0.2) is 53.4 Å². The Hall–Kier alpha value is -2.13. The minimum atomic E-state index is 0.0687. The number of aliphatic hydroxyl groups is 1. The predicted octanol–water partition coefficient (Wildman–Crippen LogP) is 4.53. The smallest absolute Gasteiger partial charge is 0.190 e. The first kappa shape index (κ1) is 19.9. The van der Waals surface area contributed by atoms with E-state index in [9.17, 15) is 4.79 Å². The van der Waals surface area contributed by atoms with Crippen LogP contribution in [0.1, 0.15) is 39.8 Å². The van der Waals surface area contributed by atoms with Gasteiger partial charge in [0.05, 0.1) is 0 Å². The van der Waals surface area contributed by atoms with Gasteiger partial charge in [-0.3, -0.25) is 4.79 Å². The lowest BCUT2D eigenvalue weighted by Gasteiger charge is -2.06. The summed E-state index contributed by atoms with van der Waals surface area (Å²) in [5.41, 5.74) is 2.99. The molecule has 3 nitrogen and oxygen atoms in total. The van der Waals surface area contributed by atoms with Gasteiger partial charge in [0.2, 0.25) is 0 Å². The number of hydrogen-bond acceptors (Lipinski definition) is 2. The molecule has 0 aliphatic carbocycles. The highest BCUT2D eigenvalue weighted by molar-refractivity contribution is 5.80. The van der Waals surface area contributed by atoms with Crippen molar-refractivity contribution in [3.05, 3.63) is 64.5 Å². The van der Waals surface area contributed by atoms with E-state index >= 15 is 0 Å². The minimum absolute atomic E-state index is 0.0687. The maximum Gasteiger partial charge on any atom is 0.190 e. The first-order valence-electron chi connectivity index (χ1n) is 7.65. The van der Waals surface area contributed by atoms with Gasteiger partial charge in [-0.1, -0.05) is 51.1 Å². The molecular weight excluding hydrogens is 274 g/mol. The maximum atomic E-state index is 12.0. The van der Waals surface area contributed by atoms with Crippen LogP contribution in [0.5, 0.6) is 0 Å². The van der Waals surface area contributed by atoms with Crippen molar-refractivity contribution in [1.82, 2.24) is 4.98 Å². The lowest BCUT2D eigenvalue weighted by molar-refractivity contribution is 0.399. The Kier molecular flexibility index (Phi) is 10.4. The van der Waals surface area contributed by atoms with Crippen LogP contribution >= 0.6 is 0 Å². The Balaban J connectivity index is 0.00000102. The summed E-state index contributed by atoms with van der Waals surface area (Å²) < 4.78 is 0. The highest BCUT2D eigenvalue weighted by atomic mass is 16.2. The van der Waals surface area contributed by atoms with Crippen molar-refractivity contribution in [2.45, 2.75) is 34.1 Å². The summed E-state index contributed by atoms with van der Waals surface area (Å²) in [7, 11) is 1.00. The zero-order chi connectivity index (χ0) is 17.0. The molecule has 0 radical (unpaired) electrons. The highest BCUT2D eigenvalue weighted by Gasteiger charge is 2.04. The fourth-order valence-electron chi connectivity index (χ4n) is 1.98. The van der Waals surface area contributed by atoms with Crippen molar-refractivity contribution >= 4 is 16.5 Å². The molecule has 3 heteroatoms. The van der Waals surface area contributed by atoms with E-state index in [1.165, 1.54) is 0 Å². The molecule has 0 atom stereocenters. The number of rotatable bonds is 3. The van der Waals surface area contributed by atoms with Crippen LogP contribution in [0, 0.1) is 0 Å². The van der Waals surface area contributed by atoms with Gasteiger partial charge in [-0.25, -0.2) is 0 Å². The third-order valence-electron chi connectivity index (χ3n) is 2.95. The fourth-order valence-corrected chi connectivity index (χ4v) is 1.98. The van der Waals surface area contributed by atoms with Crippen LogP contribution < -0.4 is 5.43 Å². The van der Waals surface area contributed by atoms with Crippen LogP contribution in [0.3, 0.4) is 0 Å². The molecule has 0 fully saturated rings. The second kappa shape index (κ2) is 11.5. The number of hydrogen-bond donors (Lipinski definition) is 2. The molecule has 0 aliphatic heterocycles. The quantitative estimate of drug-likeness (QED) is 0.818. The molecule has 0 bridgehead atoms. The molecule has 0 spiro atoms. The lowest BCUT2D eigenvalue weighted by Crippen LogP contribution is -2.04. The number of fused-ring (bicyclic) bond motifs is 1. The molecule has 2 N–H and O–H groups in total. The van der Waals surface area contributed by atoms with Crippen LogP contribution in [0.4, 0.5) is 0 Å². The summed E-state index contributed by atoms with van der Waals surface area (Å²) in [5.74, 6) is 0. The van der Waals surface area contributed by atoms with Crippen molar-refractivity contribution in [1.29, 1.82) is 0 Å². The number of aromatic amines is 1. The summed E-state index contributed by atoms with van der Waals surface area (Å²) in [6.07, 6.45) is 6.90. The second-order valence-electron chi connectivity index (χ2n) is 4.16. The van der Waals surface area contributed by atoms with E-state index in [1.54, 1.807) is 6.07 Å². The number of aromatic nitrogens is 1. The van der Waals surface area contributed by atoms with E-state index in [-0.39, 0.29) is 5.43 Å². The van der Waals surface area contributed by atoms with E-state index in [2.05, 4.69) is 11.9 Å². The normalized spacial score (nSPS) is 10.7. The molecule has 2 rings (SSSR count). The van der Waals surface area contributed by atoms with E-state index in [1.807, 2.05) is 63.3 Å². The zero-order valence-electron chi connectivity index (χ0n) is 14.2. The zero-order valence-corrected chi connectivity index (χ0v) is 14.2. The van der Waals surface area contributed by atoms with Gasteiger partial charge in [-0.15, -0.1) is 0 Å². The maximum absolute atomic E-state index is 12.0. The Morgan fingerprint density at radius 1 is 1.23 bits per heavy atom. The summed E-state index contributed by atoms with van der Waals surface area (Å²) in [6, 6.07) is 9.28. The van der Waals surface area contributed by atoms with E-state index in [4.69, 9.17) is 5.11 Å². The van der Waals surface area contributed by atoms with Crippen LogP contribution in [-0.4, -0.2) is 17.2 Å². The van der Waals surface area contributed by atoms with E-state index in [0.717, 1.165) is 35.7 Å². The predicted molar refractivity (Wildman–Crippen MR) is 97.1 cm³/mol. The standard InChI is InChI=1S/C16H17NO.C2H6.CH4O/c1-3-5-8-12(4-2)15-11-16(18)13-9-6-7-10-14(13)17-15;2*1-2/h3,5-11H,4H2,1-2H3,(H,17,18);1-2H3;2H,1H3/b5-3-,12-8+;;. The first-order chi connectivity index (χ1) is 10.8. The molecule has 0 saturated heterocycles. The van der Waals surface area contributed by atoms with Gasteiger partial charge in [0.1, 0.15) is 0 Å². The molecule has 0 unspecified atom stereocenters. The Morgan fingerprint density at radius 3 is 2.45 bits per heavy atom. The Morgan fingerprint density at radius 2 is 1.86 bits per heavy atom. The van der Waals surface area contributed by atoms with E-state index < -0.39 is 0 Å². The number of allylic oxidation sites excluding steroid dienone is 4. The number of aliphatic hydroxyl groups excluding tert-OH is 1. The molecule has 0 aliphatic rings. The average molecular weight is 301 g/mol.